The molecule has 1 N–H and O–H groups in total. The Balaban J connectivity index is 2.64. The van der Waals surface area contributed by atoms with Crippen LogP contribution in [0.3, 0.4) is 0 Å². The van der Waals surface area contributed by atoms with E-state index in [1.807, 2.05) is 0 Å². The lowest BCUT2D eigenvalue weighted by Crippen LogP contribution is -2.46. The van der Waals surface area contributed by atoms with Gasteiger partial charge in [0.15, 0.2) is 8.32 Å². The van der Waals surface area contributed by atoms with Gasteiger partial charge in [-0.25, -0.2) is 9.00 Å². The Labute approximate surface area is 111 Å². The molecule has 0 aromatic carbocycles. The molecule has 1 fully saturated rings. The van der Waals surface area contributed by atoms with E-state index in [4.69, 9.17) is 13.7 Å². The molecular formula is C10H21NO5SSi. The number of carboxylic acid groups (broad SMARTS) is 1. The maximum absolute atomic E-state index is 11.3. The molecule has 18 heavy (non-hydrogen) atoms. The molecule has 1 heterocycles. The van der Waals surface area contributed by atoms with Crippen LogP contribution in [0, 0.1) is 0 Å². The molecule has 0 aliphatic carbocycles. The summed E-state index contributed by atoms with van der Waals surface area (Å²) in [4.78, 5) is 11.0. The molecule has 2 atom stereocenters. The molecule has 0 saturated carbocycles. The molecule has 0 bridgehead atoms. The van der Waals surface area contributed by atoms with Crippen molar-refractivity contribution >= 4 is 25.7 Å². The van der Waals surface area contributed by atoms with Gasteiger partial charge in [-0.1, -0.05) is 20.8 Å². The van der Waals surface area contributed by atoms with E-state index in [0.717, 1.165) is 4.31 Å². The summed E-state index contributed by atoms with van der Waals surface area (Å²) in [5.41, 5.74) is 0. The molecule has 8 heteroatoms. The van der Waals surface area contributed by atoms with Gasteiger partial charge in [0.25, 0.3) is 11.3 Å². The monoisotopic (exact) mass is 295 g/mol. The van der Waals surface area contributed by atoms with Crippen molar-refractivity contribution in [2.45, 2.75) is 44.9 Å². The summed E-state index contributed by atoms with van der Waals surface area (Å²) in [6, 6.07) is -0.488. The summed E-state index contributed by atoms with van der Waals surface area (Å²) >= 11 is -1.90. The fourth-order valence-corrected chi connectivity index (χ4v) is 3.16. The summed E-state index contributed by atoms with van der Waals surface area (Å²) in [6.07, 6.45) is -1.24. The molecule has 6 nitrogen and oxygen atoms in total. The first-order valence-corrected chi connectivity index (χ1v) is 9.71. The van der Waals surface area contributed by atoms with Crippen LogP contribution >= 0.6 is 0 Å². The van der Waals surface area contributed by atoms with Gasteiger partial charge < -0.3 is 9.53 Å². The third-order valence-corrected chi connectivity index (χ3v) is 9.10. The zero-order valence-electron chi connectivity index (χ0n) is 11.4. The zero-order valence-corrected chi connectivity index (χ0v) is 13.2. The minimum absolute atomic E-state index is 0.0552. The number of carbonyl (C=O) groups is 1. The second kappa shape index (κ2) is 5.28. The van der Waals surface area contributed by atoms with E-state index >= 15 is 0 Å². The smallest absolute Gasteiger partial charge is 0.421 e. The summed E-state index contributed by atoms with van der Waals surface area (Å²) in [7, 11) is -1.93. The molecule has 1 unspecified atom stereocenters. The zero-order chi connectivity index (χ0) is 14.1. The van der Waals surface area contributed by atoms with Crippen molar-refractivity contribution < 1.29 is 22.7 Å². The van der Waals surface area contributed by atoms with Crippen molar-refractivity contribution in [3.8, 4) is 0 Å². The molecule has 0 aromatic heterocycles. The lowest BCUT2D eigenvalue weighted by molar-refractivity contribution is 0.145. The van der Waals surface area contributed by atoms with Gasteiger partial charge in [-0.15, -0.1) is 0 Å². The van der Waals surface area contributed by atoms with Crippen LogP contribution in [0.5, 0.6) is 0 Å². The van der Waals surface area contributed by atoms with Crippen molar-refractivity contribution in [3.05, 3.63) is 0 Å². The molecule has 1 rings (SSSR count). The normalized spacial score (nSPS) is 25.5. The highest BCUT2D eigenvalue weighted by Gasteiger charge is 2.41. The van der Waals surface area contributed by atoms with E-state index in [-0.39, 0.29) is 18.3 Å². The van der Waals surface area contributed by atoms with Crippen LogP contribution in [-0.4, -0.2) is 47.3 Å². The summed E-state index contributed by atoms with van der Waals surface area (Å²) in [6.45, 7) is 10.9. The molecule has 1 amide bonds. The first-order chi connectivity index (χ1) is 8.06. The van der Waals surface area contributed by atoms with Crippen molar-refractivity contribution in [1.29, 1.82) is 0 Å². The molecule has 1 aliphatic heterocycles. The SMILES string of the molecule is CC(C)(C)[Si](C)(C)OC[C@H]1COS(=O)N1C(=O)O. The van der Waals surface area contributed by atoms with Gasteiger partial charge in [0.2, 0.25) is 0 Å². The lowest BCUT2D eigenvalue weighted by atomic mass is 10.2. The van der Waals surface area contributed by atoms with Crippen LogP contribution in [-0.2, 0) is 19.9 Å². The molecule has 106 valence electrons. The Morgan fingerprint density at radius 2 is 2.11 bits per heavy atom. The Hall–Kier alpha value is -0.443. The highest BCUT2D eigenvalue weighted by atomic mass is 32.2. The average molecular weight is 295 g/mol. The van der Waals surface area contributed by atoms with Crippen molar-refractivity contribution in [3.63, 3.8) is 0 Å². The molecule has 0 radical (unpaired) electrons. The van der Waals surface area contributed by atoms with Gasteiger partial charge in [-0.05, 0) is 18.1 Å². The van der Waals surface area contributed by atoms with E-state index in [9.17, 15) is 9.00 Å². The highest BCUT2D eigenvalue weighted by Crippen LogP contribution is 2.36. The van der Waals surface area contributed by atoms with Gasteiger partial charge in [0.05, 0.1) is 19.3 Å². The second-order valence-electron chi connectivity index (χ2n) is 5.84. The number of hydrogen-bond acceptors (Lipinski definition) is 4. The fourth-order valence-electron chi connectivity index (χ4n) is 1.24. The maximum atomic E-state index is 11.3. The summed E-state index contributed by atoms with van der Waals surface area (Å²) in [5, 5.41) is 9.01. The first-order valence-electron chi connectivity index (χ1n) is 5.77. The van der Waals surface area contributed by atoms with Crippen LogP contribution in [0.25, 0.3) is 0 Å². The Kier molecular flexibility index (Phi) is 4.58. The third-order valence-electron chi connectivity index (χ3n) is 3.48. The van der Waals surface area contributed by atoms with Crippen molar-refractivity contribution in [2.75, 3.05) is 13.2 Å². The van der Waals surface area contributed by atoms with Gasteiger partial charge in [0.1, 0.15) is 0 Å². The van der Waals surface area contributed by atoms with Gasteiger partial charge >= 0.3 is 6.09 Å². The van der Waals surface area contributed by atoms with Crippen LogP contribution in [0.4, 0.5) is 4.79 Å². The van der Waals surface area contributed by atoms with Crippen LogP contribution < -0.4 is 0 Å². The second-order valence-corrected chi connectivity index (χ2v) is 11.7. The van der Waals surface area contributed by atoms with E-state index in [2.05, 4.69) is 33.9 Å². The first kappa shape index (κ1) is 15.6. The Morgan fingerprint density at radius 1 is 1.56 bits per heavy atom. The maximum Gasteiger partial charge on any atom is 0.421 e. The minimum Gasteiger partial charge on any atom is -0.464 e. The Morgan fingerprint density at radius 3 is 2.56 bits per heavy atom. The van der Waals surface area contributed by atoms with Crippen molar-refractivity contribution in [2.24, 2.45) is 0 Å². The molecule has 1 saturated heterocycles. The quantitative estimate of drug-likeness (QED) is 0.806. The van der Waals surface area contributed by atoms with Crippen molar-refractivity contribution in [1.82, 2.24) is 4.31 Å². The molecule has 0 aromatic rings. The topological polar surface area (TPSA) is 76.1 Å². The summed E-state index contributed by atoms with van der Waals surface area (Å²) < 4.78 is 22.9. The third kappa shape index (κ3) is 3.31. The van der Waals surface area contributed by atoms with Crippen LogP contribution in [0.2, 0.25) is 18.1 Å². The molecule has 1 aliphatic rings. The lowest BCUT2D eigenvalue weighted by Gasteiger charge is -2.37. The number of rotatable bonds is 3. The van der Waals surface area contributed by atoms with Gasteiger partial charge in [-0.2, -0.15) is 4.31 Å². The predicted molar refractivity (Wildman–Crippen MR) is 70.9 cm³/mol. The standard InChI is InChI=1S/C10H21NO5SSi/c1-10(2,3)18(4,5)16-7-8-6-15-17(14)11(8)9(12)13/h8H,6-7H2,1-5H3,(H,12,13)/t8-,17?/m1/s1. The van der Waals surface area contributed by atoms with E-state index < -0.39 is 31.7 Å². The summed E-state index contributed by atoms with van der Waals surface area (Å²) in [5.74, 6) is 0. The molecular weight excluding hydrogens is 274 g/mol. The highest BCUT2D eigenvalue weighted by molar-refractivity contribution is 7.78. The van der Waals surface area contributed by atoms with Crippen LogP contribution in [0.1, 0.15) is 20.8 Å². The van der Waals surface area contributed by atoms with E-state index in [0.29, 0.717) is 0 Å². The number of nitrogens with zero attached hydrogens (tertiary/aromatic N) is 1. The van der Waals surface area contributed by atoms with Gasteiger partial charge in [0, 0.05) is 0 Å². The average Bonchev–Trinajstić information content (AvgIpc) is 2.55. The Bertz CT molecular complexity index is 355. The largest absolute Gasteiger partial charge is 0.464 e. The van der Waals surface area contributed by atoms with E-state index in [1.165, 1.54) is 0 Å². The van der Waals surface area contributed by atoms with Crippen LogP contribution in [0.15, 0.2) is 0 Å². The fraction of sp³-hybridized carbons (Fsp3) is 0.900. The van der Waals surface area contributed by atoms with Gasteiger partial charge in [-0.3, -0.25) is 4.18 Å². The molecule has 0 spiro atoms. The van der Waals surface area contributed by atoms with E-state index in [1.54, 1.807) is 0 Å². The number of hydrogen-bond donors (Lipinski definition) is 1. The minimum atomic E-state index is -1.93. The number of amides is 1. The predicted octanol–water partition coefficient (Wildman–Crippen LogP) is 1.97.